The number of nitrogens with one attached hydrogen (secondary N) is 6. The van der Waals surface area contributed by atoms with Gasteiger partial charge in [-0.25, -0.2) is 6.57 Å². The van der Waals surface area contributed by atoms with Crippen LogP contribution >= 0.6 is 11.6 Å². The molecule has 6 aliphatic rings. The van der Waals surface area contributed by atoms with E-state index >= 15 is 0 Å². The molecule has 9 N–H and O–H groups in total. The van der Waals surface area contributed by atoms with Crippen molar-refractivity contribution in [2.45, 2.75) is 188 Å². The van der Waals surface area contributed by atoms with E-state index in [2.05, 4.69) is 130 Å². The summed E-state index contributed by atoms with van der Waals surface area (Å²) in [4.78, 5) is 83.3. The average molecular weight is 1570 g/mol. The largest absolute Gasteiger partial charge is 1.00 e. The van der Waals surface area contributed by atoms with Gasteiger partial charge < -0.3 is 93.8 Å². The Balaban J connectivity index is 0.000000345. The molecule has 112 heavy (non-hydrogen) atoms. The molecule has 4 amide bonds. The van der Waals surface area contributed by atoms with Gasteiger partial charge in [0, 0.05) is 121 Å². The molecule has 6 aliphatic heterocycles. The molecule has 23 nitrogen and oxygen atoms in total. The zero-order valence-electron chi connectivity index (χ0n) is 71.7. The molecule has 0 aromatic heterocycles. The van der Waals surface area contributed by atoms with E-state index in [1.165, 1.54) is 89.3 Å². The number of hydrogen-bond donors (Lipinski definition) is 7. The molecule has 0 aliphatic carbocycles. The molecule has 0 fully saturated rings. The van der Waals surface area contributed by atoms with Crippen LogP contribution in [0.3, 0.4) is 0 Å². The van der Waals surface area contributed by atoms with Crippen LogP contribution in [-0.4, -0.2) is 136 Å². The van der Waals surface area contributed by atoms with Crippen molar-refractivity contribution in [2.24, 2.45) is 0 Å². The van der Waals surface area contributed by atoms with E-state index in [0.717, 1.165) is 179 Å². The van der Waals surface area contributed by atoms with E-state index in [4.69, 9.17) is 45.2 Å². The standard InChI is InChI=1S/C16H24N2O2.C15H19N3O.C15H22N2O2.C14H19ClN2O.C13H18N2O.C12H16N2O.CN.2Na.H2O/c1-6-20-14(19)9-13-10(2)12-7-8-18(5)16(12)15(17-4)11(13)3;1-9-12-6-7-18(11(3)19)15(12)14(17-5)10(2)13(9)8-16-4;1-5-19-13(18)8-12-9(2)11-6-7-17-15(11)14(16-4)10(12)3;1-8-11-5-6-17(10(3)18)14(11)13(16-4)9(2)12(8)7-15;1-8-7-9(2)12(14-4)13-11(8)5-6-15(13)10(3)16;1-7-6-8(2)11(13)12-10(7)4-5-14(12)9(3)15;1-2;;;/h17H,6-9H2,1-5H3;17H,6-8H2,1-3,5H3;16-17H,5-8H2,1-4H3;16H,5-7H2,1-4H3;7,14H,5-6H2,1-4H3;6H,4-5,13H2,1-3H3;;;;1H2/q;;;;;;-1;2*+1;/p-1. The molecule has 0 atom stereocenters. The van der Waals surface area contributed by atoms with Crippen molar-refractivity contribution in [1.29, 1.82) is 5.26 Å². The van der Waals surface area contributed by atoms with Crippen molar-refractivity contribution < 1.29 is 103 Å². The maximum atomic E-state index is 11.8. The smallest absolute Gasteiger partial charge is 0.870 e. The van der Waals surface area contributed by atoms with Crippen LogP contribution in [0, 0.1) is 101 Å². The first-order valence-corrected chi connectivity index (χ1v) is 38.3. The van der Waals surface area contributed by atoms with Gasteiger partial charge in [-0.15, -0.1) is 11.6 Å². The number of carbonyl (C=O) groups excluding carboxylic acids is 6. The van der Waals surface area contributed by atoms with Crippen LogP contribution in [0.4, 0.5) is 68.2 Å². The fourth-order valence-electron chi connectivity index (χ4n) is 16.8. The number of likely N-dealkylation sites (N-methyl/N-ethyl adjacent to an activating group) is 1. The van der Waals surface area contributed by atoms with Crippen molar-refractivity contribution >= 4 is 115 Å². The van der Waals surface area contributed by atoms with Crippen LogP contribution in [0.5, 0.6) is 0 Å². The number of esters is 2. The van der Waals surface area contributed by atoms with Crippen LogP contribution in [0.15, 0.2) is 12.1 Å². The molecule has 0 unspecified atom stereocenters. The minimum absolute atomic E-state index is 0. The Bertz CT molecular complexity index is 4550. The SMILES string of the molecule is CC(=O)N1CCc2c(C)cc(C)c(N)c21.CCOC(=O)Cc1c(C)c2c(c(NC)c1C)N(C)CC2.CCOC(=O)Cc1c(C)c2c(c(NC)c1C)NCC2.CNc1c(C)c(CCl)c(C)c2c1N(C(C)=O)CC2.CNc1c(C)cc(C)c2c1N(C(C)=O)CC2.[C-]#N.[C-]#[N+]Cc1c(C)c2c(c(NC)c1C)N(C(C)=O)CC2.[Na+].[Na+].[OH-]. The molecule has 12 rings (SSSR count). The summed E-state index contributed by atoms with van der Waals surface area (Å²) in [6.07, 6.45) is 6.46. The van der Waals surface area contributed by atoms with Gasteiger partial charge in [-0.3, -0.25) is 28.8 Å². The Morgan fingerprint density at radius 1 is 0.464 bits per heavy atom. The maximum Gasteiger partial charge on any atom is 1.00 e. The topological polar surface area (TPSA) is 293 Å². The minimum Gasteiger partial charge on any atom is -0.870 e. The second kappa shape index (κ2) is 43.9. The summed E-state index contributed by atoms with van der Waals surface area (Å²) in [6, 6.07) is 4.28. The molecule has 0 bridgehead atoms. The number of alkyl halides is 1. The van der Waals surface area contributed by atoms with Crippen molar-refractivity contribution in [3.8, 4) is 0 Å². The number of benzene rings is 6. The number of amides is 4. The van der Waals surface area contributed by atoms with Gasteiger partial charge in [0.15, 0.2) is 0 Å². The molecule has 596 valence electrons. The monoisotopic (exact) mass is 1570 g/mol. The van der Waals surface area contributed by atoms with Crippen LogP contribution in [0.2, 0.25) is 0 Å². The second-order valence-corrected chi connectivity index (χ2v) is 28.7. The second-order valence-electron chi connectivity index (χ2n) is 28.4. The number of anilines is 12. The van der Waals surface area contributed by atoms with E-state index in [-0.39, 0.29) is 100 Å². The van der Waals surface area contributed by atoms with E-state index < -0.39 is 0 Å². The quantitative estimate of drug-likeness (QED) is 0.0187. The summed E-state index contributed by atoms with van der Waals surface area (Å²) in [5.74, 6) is 0.591. The van der Waals surface area contributed by atoms with Crippen molar-refractivity contribution in [1.82, 2.24) is 0 Å². The fraction of sp³-hybridized carbons (Fsp3) is 0.488. The zero-order chi connectivity index (χ0) is 81.5. The summed E-state index contributed by atoms with van der Waals surface area (Å²) in [6.45, 7) is 53.2. The predicted octanol–water partition coefficient (Wildman–Crippen LogP) is 8.50. The summed E-state index contributed by atoms with van der Waals surface area (Å²) < 4.78 is 10.2. The molecular formula is C86H119ClN14Na2O9. The Hall–Kier alpha value is -8.23. The Morgan fingerprint density at radius 3 is 1.21 bits per heavy atom. The number of halogens is 1. The fourth-order valence-corrected chi connectivity index (χ4v) is 17.2. The molecule has 0 spiro atoms. The molecule has 26 heteroatoms. The third kappa shape index (κ3) is 20.6. The van der Waals surface area contributed by atoms with Crippen molar-refractivity contribution in [2.75, 3.05) is 157 Å². The minimum atomic E-state index is -0.151. The number of aryl methyl sites for hydroxylation is 4. The van der Waals surface area contributed by atoms with E-state index in [1.54, 1.807) is 32.6 Å². The van der Waals surface area contributed by atoms with Crippen molar-refractivity contribution in [3.63, 3.8) is 0 Å². The van der Waals surface area contributed by atoms with Crippen LogP contribution in [0.1, 0.15) is 164 Å². The number of nitrogens with zero attached hydrogens (tertiary/aromatic N) is 7. The number of carbonyl (C=O) groups is 6. The van der Waals surface area contributed by atoms with Gasteiger partial charge in [-0.1, -0.05) is 12.1 Å². The third-order valence-electron chi connectivity index (χ3n) is 22.3. The first kappa shape index (κ1) is 98.0. The summed E-state index contributed by atoms with van der Waals surface area (Å²) in [7, 11) is 11.7. The molecule has 0 radical (unpaired) electrons. The van der Waals surface area contributed by atoms with Gasteiger partial charge >= 0.3 is 71.1 Å². The number of nitrogen functional groups attached to an aromatic ring is 1. The average Bonchev–Trinajstić information content (AvgIpc) is 1.60. The van der Waals surface area contributed by atoms with E-state index in [1.807, 2.05) is 77.6 Å². The summed E-state index contributed by atoms with van der Waals surface area (Å²) >= 11 is 6.06. The number of nitrogens with two attached hydrogens (primary N) is 1. The molecule has 6 heterocycles. The maximum absolute atomic E-state index is 11.8. The Labute approximate surface area is 715 Å². The molecule has 6 aromatic rings. The van der Waals surface area contributed by atoms with Gasteiger partial charge in [0.25, 0.3) is 0 Å². The number of hydrogen-bond acceptors (Lipinski definition) is 18. The Morgan fingerprint density at radius 2 is 0.795 bits per heavy atom. The van der Waals surface area contributed by atoms with Crippen LogP contribution in [-0.2, 0) is 102 Å². The number of fused-ring (bicyclic) bond motifs is 6. The van der Waals surface area contributed by atoms with Gasteiger partial charge in [0.2, 0.25) is 30.2 Å². The van der Waals surface area contributed by atoms with Gasteiger partial charge in [-0.05, 0) is 252 Å². The molecule has 6 aromatic carbocycles. The normalized spacial score (nSPS) is 12.9. The number of ether oxygens (including phenoxy) is 2. The van der Waals surface area contributed by atoms with Gasteiger partial charge in [0.05, 0.1) is 94.3 Å². The first-order chi connectivity index (χ1) is 51.7. The van der Waals surface area contributed by atoms with Crippen LogP contribution < -0.4 is 121 Å². The summed E-state index contributed by atoms with van der Waals surface area (Å²) in [5.41, 5.74) is 45.1. The van der Waals surface area contributed by atoms with E-state index in [0.29, 0.717) is 38.5 Å². The predicted molar refractivity (Wildman–Crippen MR) is 451 cm³/mol. The number of rotatable bonds is 13. The van der Waals surface area contributed by atoms with Crippen molar-refractivity contribution in [3.05, 3.63) is 153 Å². The zero-order valence-corrected chi connectivity index (χ0v) is 76.4. The van der Waals surface area contributed by atoms with Gasteiger partial charge in [-0.2, -0.15) is 0 Å². The third-order valence-corrected chi connectivity index (χ3v) is 22.6. The Kier molecular flexibility index (Phi) is 38.4. The van der Waals surface area contributed by atoms with Crippen LogP contribution in [0.25, 0.3) is 4.85 Å². The van der Waals surface area contributed by atoms with Gasteiger partial charge in [0.1, 0.15) is 0 Å². The van der Waals surface area contributed by atoms with E-state index in [9.17, 15) is 28.8 Å². The molecular weight excluding hydrogens is 1450 g/mol. The molecule has 0 saturated carbocycles. The first-order valence-electron chi connectivity index (χ1n) is 37.7. The summed E-state index contributed by atoms with van der Waals surface area (Å²) in [5, 5.41) is 25.9. The molecule has 0 saturated heterocycles.